The van der Waals surface area contributed by atoms with E-state index in [1.807, 2.05) is 36.7 Å². The summed E-state index contributed by atoms with van der Waals surface area (Å²) in [7, 11) is 3.43. The molecule has 1 heterocycles. The van der Waals surface area contributed by atoms with E-state index in [4.69, 9.17) is 10.5 Å². The zero-order valence-corrected chi connectivity index (χ0v) is 15.6. The van der Waals surface area contributed by atoms with Crippen molar-refractivity contribution in [1.29, 1.82) is 0 Å². The molecule has 0 aliphatic rings. The normalized spacial score (nSPS) is 12.3. The van der Waals surface area contributed by atoms with Gasteiger partial charge < -0.3 is 20.4 Å². The minimum Gasteiger partial charge on any atom is -0.380 e. The Balaban J connectivity index is 1.85. The smallest absolute Gasteiger partial charge is 0.227 e. The van der Waals surface area contributed by atoms with E-state index in [9.17, 15) is 9.18 Å². The highest BCUT2D eigenvalue weighted by Crippen LogP contribution is 2.27. The Hall–Kier alpha value is -2.77. The fourth-order valence-corrected chi connectivity index (χ4v) is 3.05. The van der Waals surface area contributed by atoms with E-state index in [1.165, 1.54) is 19.2 Å². The third-order valence-corrected chi connectivity index (χ3v) is 4.61. The summed E-state index contributed by atoms with van der Waals surface area (Å²) in [6, 6.07) is 10.2. The third kappa shape index (κ3) is 3.99. The first-order valence-corrected chi connectivity index (χ1v) is 8.68. The molecule has 0 fully saturated rings. The zero-order chi connectivity index (χ0) is 19.6. The van der Waals surface area contributed by atoms with Gasteiger partial charge in [-0.1, -0.05) is 0 Å². The van der Waals surface area contributed by atoms with Crippen molar-refractivity contribution in [1.82, 2.24) is 9.55 Å². The topological polar surface area (TPSA) is 82.2 Å². The van der Waals surface area contributed by atoms with Crippen LogP contribution in [-0.2, 0) is 16.6 Å². The number of rotatable bonds is 6. The number of halogens is 1. The summed E-state index contributed by atoms with van der Waals surface area (Å²) in [5.74, 6) is 0.272. The molecule has 142 valence electrons. The highest BCUT2D eigenvalue weighted by molar-refractivity contribution is 5.92. The Morgan fingerprint density at radius 2 is 2.11 bits per heavy atom. The van der Waals surface area contributed by atoms with Crippen molar-refractivity contribution < 1.29 is 13.9 Å². The number of hydrogen-bond acceptors (Lipinski definition) is 4. The fraction of sp³-hybridized carbons (Fsp3) is 0.300. The number of nitrogens with zero attached hydrogens (tertiary/aromatic N) is 2. The maximum Gasteiger partial charge on any atom is 0.227 e. The van der Waals surface area contributed by atoms with Crippen molar-refractivity contribution in [3.63, 3.8) is 0 Å². The lowest BCUT2D eigenvalue weighted by Gasteiger charge is -2.14. The van der Waals surface area contributed by atoms with E-state index < -0.39 is 0 Å². The van der Waals surface area contributed by atoms with Gasteiger partial charge in [-0.15, -0.1) is 0 Å². The van der Waals surface area contributed by atoms with Gasteiger partial charge in [0.15, 0.2) is 0 Å². The number of carbonyl (C=O) groups is 1. The molecule has 0 radical (unpaired) electrons. The molecule has 1 amide bonds. The zero-order valence-electron chi connectivity index (χ0n) is 15.6. The monoisotopic (exact) mass is 370 g/mol. The van der Waals surface area contributed by atoms with Gasteiger partial charge in [-0.25, -0.2) is 9.37 Å². The van der Waals surface area contributed by atoms with Crippen molar-refractivity contribution in [2.45, 2.75) is 19.4 Å². The van der Waals surface area contributed by atoms with Gasteiger partial charge in [0.2, 0.25) is 5.91 Å². The van der Waals surface area contributed by atoms with E-state index in [0.717, 1.165) is 28.2 Å². The third-order valence-electron chi connectivity index (χ3n) is 4.61. The Kier molecular flexibility index (Phi) is 5.53. The van der Waals surface area contributed by atoms with Crippen LogP contribution in [0.5, 0.6) is 0 Å². The minimum absolute atomic E-state index is 0.152. The number of fused-ring (bicyclic) bond motifs is 1. The van der Waals surface area contributed by atoms with Gasteiger partial charge in [-0.3, -0.25) is 4.79 Å². The maximum atomic E-state index is 13.5. The molecule has 7 heteroatoms. The molecule has 0 spiro atoms. The van der Waals surface area contributed by atoms with Crippen LogP contribution >= 0.6 is 0 Å². The Morgan fingerprint density at radius 3 is 2.78 bits per heavy atom. The second kappa shape index (κ2) is 7.85. The van der Waals surface area contributed by atoms with Gasteiger partial charge in [0, 0.05) is 38.0 Å². The molecule has 1 unspecified atom stereocenters. The molecule has 2 aromatic carbocycles. The molecule has 0 bridgehead atoms. The number of anilines is 1. The summed E-state index contributed by atoms with van der Waals surface area (Å²) in [6.45, 7) is 2.20. The van der Waals surface area contributed by atoms with Crippen molar-refractivity contribution in [3.8, 4) is 11.4 Å². The quantitative estimate of drug-likeness (QED) is 0.699. The number of nitrogens with two attached hydrogens (primary N) is 1. The molecule has 1 atom stereocenters. The van der Waals surface area contributed by atoms with Crippen molar-refractivity contribution >= 4 is 22.6 Å². The van der Waals surface area contributed by atoms with Crippen LogP contribution in [-0.4, -0.2) is 35.2 Å². The Labute approximate surface area is 157 Å². The minimum atomic E-state index is -0.312. The summed E-state index contributed by atoms with van der Waals surface area (Å²) in [4.78, 5) is 16.7. The van der Waals surface area contributed by atoms with Crippen molar-refractivity contribution in [3.05, 3.63) is 47.8 Å². The van der Waals surface area contributed by atoms with E-state index in [-0.39, 0.29) is 30.8 Å². The second-order valence-corrected chi connectivity index (χ2v) is 6.50. The highest BCUT2D eigenvalue weighted by Gasteiger charge is 2.14. The van der Waals surface area contributed by atoms with E-state index in [1.54, 1.807) is 6.07 Å². The van der Waals surface area contributed by atoms with Crippen molar-refractivity contribution in [2.75, 3.05) is 19.0 Å². The van der Waals surface area contributed by atoms with Crippen LogP contribution in [0.15, 0.2) is 36.4 Å². The van der Waals surface area contributed by atoms with Gasteiger partial charge in [-0.2, -0.15) is 0 Å². The number of aromatic nitrogens is 2. The lowest BCUT2D eigenvalue weighted by atomic mass is 10.1. The van der Waals surface area contributed by atoms with Crippen LogP contribution in [0.1, 0.15) is 12.0 Å². The lowest BCUT2D eigenvalue weighted by molar-refractivity contribution is -0.118. The molecule has 0 aliphatic heterocycles. The Morgan fingerprint density at radius 1 is 1.33 bits per heavy atom. The first-order chi connectivity index (χ1) is 12.9. The molecule has 0 saturated carbocycles. The van der Waals surface area contributed by atoms with Gasteiger partial charge in [0.25, 0.3) is 0 Å². The number of aryl methyl sites for hydroxylation is 2. The standard InChI is InChI=1S/C20H23FN4O2/c1-12-8-13(4-6-16(12)23-19(26)10-15(11-22)27-3)20-24-17-9-14(21)5-7-18(17)25(20)2/h4-9,15H,10-11,22H2,1-3H3,(H,23,26). The number of methoxy groups -OCH3 is 1. The average molecular weight is 370 g/mol. The first kappa shape index (κ1) is 19.0. The van der Waals surface area contributed by atoms with Crippen LogP contribution in [0.3, 0.4) is 0 Å². The molecule has 3 rings (SSSR count). The van der Waals surface area contributed by atoms with Crippen LogP contribution in [0.2, 0.25) is 0 Å². The number of benzene rings is 2. The van der Waals surface area contributed by atoms with Gasteiger partial charge in [0.05, 0.1) is 23.6 Å². The first-order valence-electron chi connectivity index (χ1n) is 8.68. The SMILES string of the molecule is COC(CN)CC(=O)Nc1ccc(-c2nc3cc(F)ccc3n2C)cc1C. The summed E-state index contributed by atoms with van der Waals surface area (Å²) in [5.41, 5.74) is 9.53. The number of ether oxygens (including phenoxy) is 1. The van der Waals surface area contributed by atoms with E-state index in [2.05, 4.69) is 10.3 Å². The molecule has 0 aliphatic carbocycles. The predicted octanol–water partition coefficient (Wildman–Crippen LogP) is 2.99. The van der Waals surface area contributed by atoms with Crippen LogP contribution in [0.25, 0.3) is 22.4 Å². The Bertz CT molecular complexity index is 980. The molecule has 27 heavy (non-hydrogen) atoms. The molecule has 3 N–H and O–H groups in total. The number of hydrogen-bond donors (Lipinski definition) is 2. The average Bonchev–Trinajstić information content (AvgIpc) is 2.97. The van der Waals surface area contributed by atoms with Crippen LogP contribution in [0, 0.1) is 12.7 Å². The fourth-order valence-electron chi connectivity index (χ4n) is 3.05. The molecule has 6 nitrogen and oxygen atoms in total. The molecule has 3 aromatic rings. The molecule has 0 saturated heterocycles. The molecule has 1 aromatic heterocycles. The van der Waals surface area contributed by atoms with Gasteiger partial charge in [0.1, 0.15) is 11.6 Å². The summed E-state index contributed by atoms with van der Waals surface area (Å²) >= 11 is 0. The van der Waals surface area contributed by atoms with Gasteiger partial charge in [-0.05, 0) is 42.8 Å². The number of imidazole rings is 1. The predicted molar refractivity (Wildman–Crippen MR) is 104 cm³/mol. The van der Waals surface area contributed by atoms with Crippen LogP contribution in [0.4, 0.5) is 10.1 Å². The lowest BCUT2D eigenvalue weighted by Crippen LogP contribution is -2.28. The van der Waals surface area contributed by atoms with Gasteiger partial charge >= 0.3 is 0 Å². The number of carbonyl (C=O) groups excluding carboxylic acids is 1. The number of nitrogens with one attached hydrogen (secondary N) is 1. The van der Waals surface area contributed by atoms with E-state index >= 15 is 0 Å². The summed E-state index contributed by atoms with van der Waals surface area (Å²) in [5, 5.41) is 2.89. The highest BCUT2D eigenvalue weighted by atomic mass is 19.1. The van der Waals surface area contributed by atoms with Crippen LogP contribution < -0.4 is 11.1 Å². The maximum absolute atomic E-state index is 13.5. The molecular weight excluding hydrogens is 347 g/mol. The van der Waals surface area contributed by atoms with E-state index in [0.29, 0.717) is 5.52 Å². The second-order valence-electron chi connectivity index (χ2n) is 6.50. The summed E-state index contributed by atoms with van der Waals surface area (Å²) < 4.78 is 20.5. The largest absolute Gasteiger partial charge is 0.380 e. The summed E-state index contributed by atoms with van der Waals surface area (Å²) in [6.07, 6.45) is -0.102. The molecular formula is C20H23FN4O2. The number of amides is 1. The van der Waals surface area contributed by atoms with Crippen molar-refractivity contribution in [2.24, 2.45) is 12.8 Å².